The Morgan fingerprint density at radius 2 is 1.96 bits per heavy atom. The molecule has 3 aromatic rings. The number of aromatic nitrogens is 1. The summed E-state index contributed by atoms with van der Waals surface area (Å²) >= 11 is 3.34. The molecule has 1 aromatic heterocycles. The Kier molecular flexibility index (Phi) is 3.81. The molecule has 6 nitrogen and oxygen atoms in total. The second-order valence-corrected chi connectivity index (χ2v) is 8.35. The molecule has 0 bridgehead atoms. The van der Waals surface area contributed by atoms with E-state index in [1.54, 1.807) is 24.4 Å². The van der Waals surface area contributed by atoms with Gasteiger partial charge < -0.3 is 10.3 Å². The number of carbonyl (C=O) groups excluding carboxylic acids is 1. The molecule has 8 heteroatoms. The number of anilines is 2. The number of aryl methyl sites for hydroxylation is 1. The van der Waals surface area contributed by atoms with E-state index in [9.17, 15) is 13.2 Å². The van der Waals surface area contributed by atoms with Crippen LogP contribution in [0.15, 0.2) is 52.0 Å². The zero-order valence-corrected chi connectivity index (χ0v) is 15.4. The molecule has 25 heavy (non-hydrogen) atoms. The van der Waals surface area contributed by atoms with Gasteiger partial charge in [-0.3, -0.25) is 9.52 Å². The molecule has 2 aromatic carbocycles. The van der Waals surface area contributed by atoms with Crippen molar-refractivity contribution in [3.8, 4) is 0 Å². The first-order chi connectivity index (χ1) is 11.9. The highest BCUT2D eigenvalue weighted by Crippen LogP contribution is 2.33. The monoisotopic (exact) mass is 419 g/mol. The molecule has 4 rings (SSSR count). The summed E-state index contributed by atoms with van der Waals surface area (Å²) in [4.78, 5) is 14.7. The second-order valence-electron chi connectivity index (χ2n) is 5.84. The van der Waals surface area contributed by atoms with E-state index in [2.05, 4.69) is 31.0 Å². The molecular weight excluding hydrogens is 406 g/mol. The van der Waals surface area contributed by atoms with Gasteiger partial charge in [0.2, 0.25) is 5.91 Å². The van der Waals surface area contributed by atoms with Crippen molar-refractivity contribution in [2.75, 3.05) is 10.0 Å². The van der Waals surface area contributed by atoms with Gasteiger partial charge in [-0.05, 0) is 52.2 Å². The van der Waals surface area contributed by atoms with E-state index in [1.807, 2.05) is 12.1 Å². The van der Waals surface area contributed by atoms with Gasteiger partial charge in [0.1, 0.15) is 4.90 Å². The van der Waals surface area contributed by atoms with E-state index >= 15 is 0 Å². The minimum absolute atomic E-state index is 0.0806. The first-order valence-corrected chi connectivity index (χ1v) is 9.93. The maximum Gasteiger partial charge on any atom is 0.263 e. The number of aromatic amines is 1. The lowest BCUT2D eigenvalue weighted by Gasteiger charge is -2.19. The van der Waals surface area contributed by atoms with Gasteiger partial charge in [0, 0.05) is 28.2 Å². The Balaban J connectivity index is 1.77. The first kappa shape index (κ1) is 16.2. The highest BCUT2D eigenvalue weighted by molar-refractivity contribution is 9.10. The molecule has 1 aliphatic rings. The summed E-state index contributed by atoms with van der Waals surface area (Å²) in [5.74, 6) is -0.109. The molecule has 1 amide bonds. The maximum absolute atomic E-state index is 12.9. The molecule has 0 aliphatic carbocycles. The highest BCUT2D eigenvalue weighted by Gasteiger charge is 2.24. The number of para-hydroxylation sites is 1. The summed E-state index contributed by atoms with van der Waals surface area (Å²) in [6, 6.07) is 10.5. The van der Waals surface area contributed by atoms with Gasteiger partial charge in [-0.1, -0.05) is 12.1 Å². The van der Waals surface area contributed by atoms with Gasteiger partial charge in [0.25, 0.3) is 10.0 Å². The summed E-state index contributed by atoms with van der Waals surface area (Å²) in [7, 11) is -3.83. The normalized spacial score (nSPS) is 14.2. The van der Waals surface area contributed by atoms with Crippen LogP contribution in [0.25, 0.3) is 10.9 Å². The third-order valence-corrected chi connectivity index (χ3v) is 6.50. The molecule has 0 radical (unpaired) electrons. The molecule has 0 atom stereocenters. The smallest absolute Gasteiger partial charge is 0.263 e. The van der Waals surface area contributed by atoms with Crippen molar-refractivity contribution in [2.45, 2.75) is 17.7 Å². The number of carbonyl (C=O) groups is 1. The van der Waals surface area contributed by atoms with Crippen LogP contribution in [0.2, 0.25) is 0 Å². The van der Waals surface area contributed by atoms with Crippen LogP contribution >= 0.6 is 15.9 Å². The number of hydrogen-bond donors (Lipinski definition) is 3. The standard InChI is InChI=1S/C17H14BrN3O3S/c18-12-8-11-4-5-16(22)20-14(11)9-15(12)25(23,24)21-13-3-1-2-10-6-7-19-17(10)13/h1-3,6-9,19,21H,4-5H2,(H,20,22). The molecule has 0 spiro atoms. The van der Waals surface area contributed by atoms with Crippen molar-refractivity contribution in [2.24, 2.45) is 0 Å². The topological polar surface area (TPSA) is 91.1 Å². The number of amides is 1. The Morgan fingerprint density at radius 1 is 1.12 bits per heavy atom. The first-order valence-electron chi connectivity index (χ1n) is 7.65. The molecule has 0 unspecified atom stereocenters. The summed E-state index contributed by atoms with van der Waals surface area (Å²) in [6.45, 7) is 0. The van der Waals surface area contributed by atoms with E-state index in [0.717, 1.165) is 10.9 Å². The molecular formula is C17H14BrN3O3S. The summed E-state index contributed by atoms with van der Waals surface area (Å²) in [5, 5.41) is 3.64. The van der Waals surface area contributed by atoms with Crippen molar-refractivity contribution in [3.05, 3.63) is 52.6 Å². The summed E-state index contributed by atoms with van der Waals surface area (Å²) in [5.41, 5.74) is 2.64. The number of benzene rings is 2. The third-order valence-electron chi connectivity index (χ3n) is 4.17. The predicted molar refractivity (Wildman–Crippen MR) is 100 cm³/mol. The molecule has 0 saturated carbocycles. The van der Waals surface area contributed by atoms with Crippen LogP contribution in [-0.2, 0) is 21.2 Å². The average molecular weight is 420 g/mol. The Morgan fingerprint density at radius 3 is 2.80 bits per heavy atom. The lowest BCUT2D eigenvalue weighted by molar-refractivity contribution is -0.116. The fourth-order valence-electron chi connectivity index (χ4n) is 2.95. The number of H-pyrrole nitrogens is 1. The average Bonchev–Trinajstić information content (AvgIpc) is 3.04. The molecule has 128 valence electrons. The van der Waals surface area contributed by atoms with Gasteiger partial charge in [-0.15, -0.1) is 0 Å². The quantitative estimate of drug-likeness (QED) is 0.605. The molecule has 0 fully saturated rings. The van der Waals surface area contributed by atoms with E-state index < -0.39 is 10.0 Å². The Hall–Kier alpha value is -2.32. The van der Waals surface area contributed by atoms with Gasteiger partial charge >= 0.3 is 0 Å². The number of sulfonamides is 1. The summed E-state index contributed by atoms with van der Waals surface area (Å²) in [6.07, 6.45) is 2.75. The van der Waals surface area contributed by atoms with Gasteiger partial charge in [0.05, 0.1) is 11.2 Å². The van der Waals surface area contributed by atoms with Crippen LogP contribution in [0.1, 0.15) is 12.0 Å². The number of rotatable bonds is 3. The Labute approximate surface area is 152 Å². The van der Waals surface area contributed by atoms with Crippen LogP contribution < -0.4 is 10.0 Å². The van der Waals surface area contributed by atoms with Crippen molar-refractivity contribution in [1.82, 2.24) is 4.98 Å². The molecule has 2 heterocycles. The van der Waals surface area contributed by atoms with Gasteiger partial charge in [0.15, 0.2) is 0 Å². The van der Waals surface area contributed by atoms with Crippen LogP contribution in [0.3, 0.4) is 0 Å². The van der Waals surface area contributed by atoms with E-state index in [1.165, 1.54) is 6.07 Å². The summed E-state index contributed by atoms with van der Waals surface area (Å²) < 4.78 is 28.9. The predicted octanol–water partition coefficient (Wildman–Crippen LogP) is 3.62. The van der Waals surface area contributed by atoms with Crippen molar-refractivity contribution < 1.29 is 13.2 Å². The minimum atomic E-state index is -3.83. The van der Waals surface area contributed by atoms with Crippen molar-refractivity contribution in [1.29, 1.82) is 0 Å². The van der Waals surface area contributed by atoms with Crippen molar-refractivity contribution in [3.63, 3.8) is 0 Å². The molecule has 1 aliphatic heterocycles. The number of nitrogens with one attached hydrogen (secondary N) is 3. The maximum atomic E-state index is 12.9. The number of hydrogen-bond acceptors (Lipinski definition) is 3. The van der Waals surface area contributed by atoms with Crippen LogP contribution in [0.5, 0.6) is 0 Å². The van der Waals surface area contributed by atoms with Crippen LogP contribution in [-0.4, -0.2) is 19.3 Å². The SMILES string of the molecule is O=C1CCc2cc(Br)c(S(=O)(=O)Nc3cccc4cc[nH]c34)cc2N1. The number of halogens is 1. The second kappa shape index (κ2) is 5.89. The zero-order valence-electron chi connectivity index (χ0n) is 13.0. The number of fused-ring (bicyclic) bond motifs is 2. The largest absolute Gasteiger partial charge is 0.359 e. The van der Waals surface area contributed by atoms with E-state index in [-0.39, 0.29) is 10.8 Å². The minimum Gasteiger partial charge on any atom is -0.359 e. The van der Waals surface area contributed by atoms with Gasteiger partial charge in [-0.2, -0.15) is 0 Å². The lowest BCUT2D eigenvalue weighted by Crippen LogP contribution is -2.20. The fourth-order valence-corrected chi connectivity index (χ4v) is 5.14. The third kappa shape index (κ3) is 2.91. The molecule has 3 N–H and O–H groups in total. The Bertz CT molecular complexity index is 1110. The zero-order chi connectivity index (χ0) is 17.6. The fraction of sp³-hybridized carbons (Fsp3) is 0.118. The van der Waals surface area contributed by atoms with Crippen molar-refractivity contribution >= 4 is 54.1 Å². The highest BCUT2D eigenvalue weighted by atomic mass is 79.9. The molecule has 0 saturated heterocycles. The van der Waals surface area contributed by atoms with Crippen LogP contribution in [0, 0.1) is 0 Å². The van der Waals surface area contributed by atoms with E-state index in [4.69, 9.17) is 0 Å². The van der Waals surface area contributed by atoms with E-state index in [0.29, 0.717) is 34.2 Å². The lowest BCUT2D eigenvalue weighted by atomic mass is 10.0. The van der Waals surface area contributed by atoms with Crippen LogP contribution in [0.4, 0.5) is 11.4 Å². The van der Waals surface area contributed by atoms with Gasteiger partial charge in [-0.25, -0.2) is 8.42 Å².